The van der Waals surface area contributed by atoms with Gasteiger partial charge in [-0.1, -0.05) is 121 Å². The van der Waals surface area contributed by atoms with E-state index in [0.29, 0.717) is 6.42 Å². The fraction of sp³-hybridized carbons (Fsp3) is 0.714. The molecule has 0 aliphatic rings. The van der Waals surface area contributed by atoms with Gasteiger partial charge in [-0.3, -0.25) is 13.8 Å². The zero-order valence-corrected chi connectivity index (χ0v) is 23.7. The molecule has 1 amide bonds. The fourth-order valence-corrected chi connectivity index (χ4v) is 5.08. The maximum absolute atomic E-state index is 13.2. The molecule has 1 aromatic carbocycles. The second kappa shape index (κ2) is 21.2. The van der Waals surface area contributed by atoms with E-state index in [1.165, 1.54) is 71.1 Å². The fourth-order valence-electron chi connectivity index (χ4n) is 3.89. The van der Waals surface area contributed by atoms with Gasteiger partial charge >= 0.3 is 13.8 Å². The van der Waals surface area contributed by atoms with Crippen LogP contribution in [-0.2, 0) is 34.3 Å². The molecule has 0 saturated heterocycles. The van der Waals surface area contributed by atoms with Gasteiger partial charge in [-0.25, -0.2) is 9.36 Å². The normalized spacial score (nSPS) is 13.6. The number of amides is 1. The number of carbonyl (C=O) groups is 2. The number of unbranched alkanes of at least 4 members (excludes halogenated alkanes) is 13. The van der Waals surface area contributed by atoms with Gasteiger partial charge < -0.3 is 14.9 Å². The van der Waals surface area contributed by atoms with Crippen molar-refractivity contribution in [1.82, 2.24) is 5.32 Å². The summed E-state index contributed by atoms with van der Waals surface area (Å²) in [6.45, 7) is 2.79. The van der Waals surface area contributed by atoms with Gasteiger partial charge in [0.1, 0.15) is 0 Å². The zero-order valence-electron chi connectivity index (χ0n) is 22.8. The molecule has 1 rings (SSSR count). The summed E-state index contributed by atoms with van der Waals surface area (Å²) in [5.41, 5.74) is 0.736. The molecule has 0 aliphatic carbocycles. The highest BCUT2D eigenvalue weighted by Gasteiger charge is 2.34. The predicted molar refractivity (Wildman–Crippen MR) is 146 cm³/mol. The van der Waals surface area contributed by atoms with Gasteiger partial charge in [0.2, 0.25) is 5.91 Å². The lowest BCUT2D eigenvalue weighted by atomic mass is 10.0. The van der Waals surface area contributed by atoms with Gasteiger partial charge in [0, 0.05) is 6.92 Å². The van der Waals surface area contributed by atoms with E-state index >= 15 is 0 Å². The van der Waals surface area contributed by atoms with Crippen LogP contribution < -0.4 is 5.32 Å². The number of hydrogen-bond donors (Lipinski definition) is 2. The van der Waals surface area contributed by atoms with Crippen molar-refractivity contribution in [2.75, 3.05) is 13.2 Å². The first-order valence-corrected chi connectivity index (χ1v) is 15.4. The van der Waals surface area contributed by atoms with E-state index in [1.807, 2.05) is 18.2 Å². The third-order valence-corrected chi connectivity index (χ3v) is 7.37. The van der Waals surface area contributed by atoms with Gasteiger partial charge in [0.15, 0.2) is 6.04 Å². The zero-order chi connectivity index (χ0) is 27.2. The number of phosphoric acid groups is 1. The highest BCUT2D eigenvalue weighted by atomic mass is 31.2. The first-order chi connectivity index (χ1) is 17.9. The van der Waals surface area contributed by atoms with Crippen LogP contribution in [0.25, 0.3) is 0 Å². The lowest BCUT2D eigenvalue weighted by Gasteiger charge is -2.20. The summed E-state index contributed by atoms with van der Waals surface area (Å²) in [6.07, 6.45) is 17.0. The number of carbonyl (C=O) groups excluding carboxylic acids is 2. The van der Waals surface area contributed by atoms with E-state index in [-0.39, 0.29) is 13.2 Å². The van der Waals surface area contributed by atoms with Crippen LogP contribution in [0.15, 0.2) is 30.3 Å². The maximum Gasteiger partial charge on any atom is 0.532 e. The Hall–Kier alpha value is -1.73. The van der Waals surface area contributed by atoms with Crippen LogP contribution in [-0.4, -0.2) is 36.2 Å². The molecule has 0 radical (unpaired) electrons. The van der Waals surface area contributed by atoms with Crippen molar-refractivity contribution < 1.29 is 32.8 Å². The highest BCUT2D eigenvalue weighted by molar-refractivity contribution is 7.49. The van der Waals surface area contributed by atoms with Crippen molar-refractivity contribution in [2.45, 2.75) is 116 Å². The molecule has 0 spiro atoms. The first kappa shape index (κ1) is 33.3. The molecule has 1 aromatic rings. The molecule has 0 bridgehead atoms. The van der Waals surface area contributed by atoms with Crippen LogP contribution in [0.1, 0.15) is 109 Å². The average molecular weight is 542 g/mol. The third-order valence-electron chi connectivity index (χ3n) is 6.03. The Kier molecular flexibility index (Phi) is 19.1. The lowest BCUT2D eigenvalue weighted by Crippen LogP contribution is -2.43. The molecule has 9 heteroatoms. The van der Waals surface area contributed by atoms with E-state index in [4.69, 9.17) is 13.6 Å². The Labute approximate surface area is 223 Å². The molecule has 2 atom stereocenters. The summed E-state index contributed by atoms with van der Waals surface area (Å²) < 4.78 is 29.0. The summed E-state index contributed by atoms with van der Waals surface area (Å²) in [6, 6.07) is 7.68. The molecule has 0 aromatic heterocycles. The average Bonchev–Trinajstić information content (AvgIpc) is 2.89. The van der Waals surface area contributed by atoms with Crippen LogP contribution in [0, 0.1) is 0 Å². The minimum absolute atomic E-state index is 0.0753. The van der Waals surface area contributed by atoms with E-state index in [0.717, 1.165) is 24.8 Å². The second-order valence-electron chi connectivity index (χ2n) is 9.48. The molecular formula is C28H48NO7P. The van der Waals surface area contributed by atoms with Crippen molar-refractivity contribution in [2.24, 2.45) is 0 Å². The quantitative estimate of drug-likeness (QED) is 0.115. The molecular weight excluding hydrogens is 493 g/mol. The number of nitrogens with one attached hydrogen (secondary N) is 1. The summed E-state index contributed by atoms with van der Waals surface area (Å²) in [5, 5.41) is 11.6. The molecule has 0 saturated carbocycles. The van der Waals surface area contributed by atoms with Crippen molar-refractivity contribution in [3.05, 3.63) is 35.9 Å². The summed E-state index contributed by atoms with van der Waals surface area (Å²) >= 11 is 0. The van der Waals surface area contributed by atoms with Crippen molar-refractivity contribution >= 4 is 19.7 Å². The molecule has 37 heavy (non-hydrogen) atoms. The van der Waals surface area contributed by atoms with Crippen LogP contribution >= 0.6 is 7.82 Å². The number of benzene rings is 1. The molecule has 0 aliphatic heterocycles. The summed E-state index contributed by atoms with van der Waals surface area (Å²) in [7, 11) is -4.25. The van der Waals surface area contributed by atoms with Gasteiger partial charge in [-0.2, -0.15) is 0 Å². The lowest BCUT2D eigenvalue weighted by molar-refractivity contribution is -0.142. The molecule has 0 heterocycles. The third kappa shape index (κ3) is 17.4. The molecule has 212 valence electrons. The van der Waals surface area contributed by atoms with E-state index in [1.54, 1.807) is 12.1 Å². The summed E-state index contributed by atoms with van der Waals surface area (Å²) in [4.78, 5) is 23.6. The van der Waals surface area contributed by atoms with E-state index in [2.05, 4.69) is 12.2 Å². The van der Waals surface area contributed by atoms with Crippen LogP contribution in [0.4, 0.5) is 0 Å². The number of phosphoric ester groups is 1. The first-order valence-electron chi connectivity index (χ1n) is 13.9. The SMILES string of the molecule is CCCCCCCCCCCCCCCCOP(=O)(OCc1ccccc1)OC(=O)[C@H](CO)NC(C)=O. The Morgan fingerprint density at radius 1 is 0.838 bits per heavy atom. The number of rotatable bonds is 23. The Morgan fingerprint density at radius 2 is 1.35 bits per heavy atom. The van der Waals surface area contributed by atoms with Crippen LogP contribution in [0.2, 0.25) is 0 Å². The van der Waals surface area contributed by atoms with Gasteiger partial charge in [-0.05, 0) is 12.0 Å². The second-order valence-corrected chi connectivity index (χ2v) is 11.1. The van der Waals surface area contributed by atoms with Gasteiger partial charge in [-0.15, -0.1) is 0 Å². The Morgan fingerprint density at radius 3 is 1.84 bits per heavy atom. The largest absolute Gasteiger partial charge is 0.532 e. The summed E-state index contributed by atoms with van der Waals surface area (Å²) in [5.74, 6) is -1.60. The Balaban J connectivity index is 2.32. The molecule has 0 fully saturated rings. The standard InChI is InChI=1S/C28H48NO7P/c1-3-4-5-6-7-8-9-10-11-12-13-14-15-19-22-34-37(33,35-24-26-20-17-16-18-21-26)36-28(32)27(23-30)29-25(2)31/h16-18,20-21,27,30H,3-15,19,22-24H2,1-2H3,(H,29,31)/t27-,37?/m0/s1. The van der Waals surface area contributed by atoms with Crippen molar-refractivity contribution in [3.63, 3.8) is 0 Å². The van der Waals surface area contributed by atoms with E-state index in [9.17, 15) is 19.3 Å². The topological polar surface area (TPSA) is 111 Å². The van der Waals surface area contributed by atoms with Gasteiger partial charge in [0.05, 0.1) is 19.8 Å². The minimum atomic E-state index is -4.25. The van der Waals surface area contributed by atoms with E-state index < -0.39 is 32.3 Å². The monoisotopic (exact) mass is 541 g/mol. The number of aliphatic hydroxyl groups is 1. The van der Waals surface area contributed by atoms with Gasteiger partial charge in [0.25, 0.3) is 0 Å². The minimum Gasteiger partial charge on any atom is -0.394 e. The smallest absolute Gasteiger partial charge is 0.394 e. The van der Waals surface area contributed by atoms with Crippen molar-refractivity contribution in [1.29, 1.82) is 0 Å². The number of aliphatic hydroxyl groups excluding tert-OH is 1. The maximum atomic E-state index is 13.2. The number of hydrogen-bond acceptors (Lipinski definition) is 7. The molecule has 2 N–H and O–H groups in total. The van der Waals surface area contributed by atoms with Crippen molar-refractivity contribution in [3.8, 4) is 0 Å². The van der Waals surface area contributed by atoms with Crippen LogP contribution in [0.3, 0.4) is 0 Å². The molecule has 1 unspecified atom stereocenters. The molecule has 8 nitrogen and oxygen atoms in total. The predicted octanol–water partition coefficient (Wildman–Crippen LogP) is 6.85. The van der Waals surface area contributed by atoms with Crippen LogP contribution in [0.5, 0.6) is 0 Å². The highest BCUT2D eigenvalue weighted by Crippen LogP contribution is 2.50. The Bertz CT molecular complexity index is 775.